The summed E-state index contributed by atoms with van der Waals surface area (Å²) in [5.41, 5.74) is 2.91. The molecule has 0 unspecified atom stereocenters. The lowest BCUT2D eigenvalue weighted by molar-refractivity contribution is 0.319. The Bertz CT molecular complexity index is 867. The van der Waals surface area contributed by atoms with Gasteiger partial charge in [0.2, 0.25) is 0 Å². The average molecular weight is 361 g/mol. The summed E-state index contributed by atoms with van der Waals surface area (Å²) in [4.78, 5) is 6.66. The summed E-state index contributed by atoms with van der Waals surface area (Å²) in [6, 6.07) is 15.8. The van der Waals surface area contributed by atoms with Crippen LogP contribution in [0.1, 0.15) is 11.1 Å². The second kappa shape index (κ2) is 7.39. The van der Waals surface area contributed by atoms with Crippen molar-refractivity contribution in [1.82, 2.24) is 9.88 Å². The Balaban J connectivity index is 1.81. The van der Waals surface area contributed by atoms with E-state index in [1.54, 1.807) is 7.11 Å². The van der Waals surface area contributed by atoms with Crippen LogP contribution in [0, 0.1) is 0 Å². The van der Waals surface area contributed by atoms with Gasteiger partial charge in [0.15, 0.2) is 0 Å². The van der Waals surface area contributed by atoms with Crippen LogP contribution in [0.4, 0.5) is 0 Å². The van der Waals surface area contributed by atoms with Crippen LogP contribution in [-0.2, 0) is 13.1 Å². The molecule has 0 aliphatic heterocycles. The summed E-state index contributed by atoms with van der Waals surface area (Å²) >= 11 is 12.6. The first kappa shape index (κ1) is 17.0. The van der Waals surface area contributed by atoms with E-state index < -0.39 is 0 Å². The van der Waals surface area contributed by atoms with Gasteiger partial charge in [0.05, 0.1) is 12.6 Å². The molecule has 0 fully saturated rings. The second-order valence-electron chi connectivity index (χ2n) is 5.76. The summed E-state index contributed by atoms with van der Waals surface area (Å²) in [5, 5.41) is 2.34. The molecule has 3 nitrogen and oxygen atoms in total. The van der Waals surface area contributed by atoms with Gasteiger partial charge in [-0.3, -0.25) is 4.90 Å². The zero-order chi connectivity index (χ0) is 17.1. The fourth-order valence-electron chi connectivity index (χ4n) is 2.67. The Labute approximate surface area is 151 Å². The number of aromatic nitrogens is 1. The second-order valence-corrected chi connectivity index (χ2v) is 6.53. The van der Waals surface area contributed by atoms with Gasteiger partial charge in [-0.15, -0.1) is 0 Å². The van der Waals surface area contributed by atoms with E-state index in [1.807, 2.05) is 49.5 Å². The van der Waals surface area contributed by atoms with E-state index in [9.17, 15) is 0 Å². The van der Waals surface area contributed by atoms with Gasteiger partial charge < -0.3 is 4.74 Å². The van der Waals surface area contributed by atoms with Crippen molar-refractivity contribution in [3.63, 3.8) is 0 Å². The number of benzene rings is 2. The molecular formula is C19H18Cl2N2O. The van der Waals surface area contributed by atoms with Gasteiger partial charge in [0.25, 0.3) is 0 Å². The molecule has 1 heterocycles. The van der Waals surface area contributed by atoms with Gasteiger partial charge in [-0.25, -0.2) is 4.98 Å². The van der Waals surface area contributed by atoms with E-state index in [0.717, 1.165) is 39.3 Å². The lowest BCUT2D eigenvalue weighted by Crippen LogP contribution is -2.18. The average Bonchev–Trinajstić information content (AvgIpc) is 2.57. The third-order valence-corrected chi connectivity index (χ3v) is 4.59. The third-order valence-electron chi connectivity index (χ3n) is 3.89. The molecule has 0 spiro atoms. The number of hydrogen-bond acceptors (Lipinski definition) is 3. The number of rotatable bonds is 5. The van der Waals surface area contributed by atoms with Crippen LogP contribution in [0.2, 0.25) is 10.2 Å². The zero-order valence-corrected chi connectivity index (χ0v) is 15.1. The minimum Gasteiger partial charge on any atom is -0.497 e. The van der Waals surface area contributed by atoms with Crippen molar-refractivity contribution >= 4 is 34.1 Å². The smallest absolute Gasteiger partial charge is 0.134 e. The van der Waals surface area contributed by atoms with Gasteiger partial charge in [-0.05, 0) is 36.9 Å². The van der Waals surface area contributed by atoms with E-state index in [0.29, 0.717) is 11.7 Å². The third kappa shape index (κ3) is 3.81. The first-order valence-electron chi connectivity index (χ1n) is 7.62. The predicted molar refractivity (Wildman–Crippen MR) is 99.9 cm³/mol. The molecule has 0 atom stereocenters. The number of hydrogen-bond donors (Lipinski definition) is 0. The van der Waals surface area contributed by atoms with Crippen molar-refractivity contribution < 1.29 is 4.74 Å². The lowest BCUT2D eigenvalue weighted by atomic mass is 10.1. The fourth-order valence-corrected chi connectivity index (χ4v) is 3.07. The van der Waals surface area contributed by atoms with Crippen molar-refractivity contribution in [3.8, 4) is 5.75 Å². The van der Waals surface area contributed by atoms with Gasteiger partial charge in [-0.1, -0.05) is 41.4 Å². The lowest BCUT2D eigenvalue weighted by Gasteiger charge is -2.18. The minimum atomic E-state index is 0.516. The predicted octanol–water partition coefficient (Wildman–Crippen LogP) is 5.18. The monoisotopic (exact) mass is 360 g/mol. The number of ether oxygens (including phenoxy) is 1. The molecule has 3 aromatic rings. The van der Waals surface area contributed by atoms with E-state index >= 15 is 0 Å². The van der Waals surface area contributed by atoms with Crippen molar-refractivity contribution in [3.05, 3.63) is 69.8 Å². The minimum absolute atomic E-state index is 0.516. The van der Waals surface area contributed by atoms with Gasteiger partial charge in [0.1, 0.15) is 10.9 Å². The molecule has 1 aromatic heterocycles. The van der Waals surface area contributed by atoms with E-state index in [4.69, 9.17) is 27.9 Å². The molecule has 24 heavy (non-hydrogen) atoms. The number of pyridine rings is 1. The summed E-state index contributed by atoms with van der Waals surface area (Å²) < 4.78 is 5.23. The fraction of sp³-hybridized carbons (Fsp3) is 0.211. The Morgan fingerprint density at radius 2 is 1.75 bits per heavy atom. The maximum absolute atomic E-state index is 6.37. The number of methoxy groups -OCH3 is 1. The van der Waals surface area contributed by atoms with Crippen LogP contribution in [0.5, 0.6) is 5.75 Å². The Morgan fingerprint density at radius 3 is 2.50 bits per heavy atom. The first-order valence-corrected chi connectivity index (χ1v) is 8.37. The maximum atomic E-state index is 6.37. The molecule has 2 aromatic carbocycles. The van der Waals surface area contributed by atoms with Crippen molar-refractivity contribution in [2.45, 2.75) is 13.1 Å². The van der Waals surface area contributed by atoms with Crippen molar-refractivity contribution in [2.75, 3.05) is 14.2 Å². The van der Waals surface area contributed by atoms with Crippen LogP contribution in [0.25, 0.3) is 10.9 Å². The van der Waals surface area contributed by atoms with E-state index in [1.165, 1.54) is 0 Å². The van der Waals surface area contributed by atoms with E-state index in [-0.39, 0.29) is 0 Å². The van der Waals surface area contributed by atoms with Crippen LogP contribution >= 0.6 is 23.2 Å². The van der Waals surface area contributed by atoms with Crippen LogP contribution in [-0.4, -0.2) is 24.0 Å². The maximum Gasteiger partial charge on any atom is 0.134 e. The Morgan fingerprint density at radius 1 is 1.00 bits per heavy atom. The zero-order valence-electron chi connectivity index (χ0n) is 13.6. The summed E-state index contributed by atoms with van der Waals surface area (Å²) in [6.45, 7) is 1.44. The van der Waals surface area contributed by atoms with E-state index in [2.05, 4.69) is 16.0 Å². The molecular weight excluding hydrogens is 343 g/mol. The van der Waals surface area contributed by atoms with Crippen molar-refractivity contribution in [2.24, 2.45) is 0 Å². The van der Waals surface area contributed by atoms with Gasteiger partial charge in [0, 0.05) is 35.1 Å². The highest BCUT2D eigenvalue weighted by Crippen LogP contribution is 2.25. The van der Waals surface area contributed by atoms with Crippen LogP contribution < -0.4 is 4.74 Å². The molecule has 5 heteroatoms. The topological polar surface area (TPSA) is 25.4 Å². The molecule has 0 aliphatic carbocycles. The molecule has 3 rings (SSSR count). The molecule has 0 amide bonds. The van der Waals surface area contributed by atoms with Crippen LogP contribution in [0.15, 0.2) is 48.5 Å². The standard InChI is InChI=1S/C19H18Cl2N2O/c1-23(11-14-5-3-4-6-17(14)20)12-15-9-13-7-8-16(24-2)10-18(13)22-19(15)21/h3-10H,11-12H2,1-2H3. The number of fused-ring (bicyclic) bond motifs is 1. The number of halogens is 2. The summed E-state index contributed by atoms with van der Waals surface area (Å²) in [6.07, 6.45) is 0. The van der Waals surface area contributed by atoms with Crippen LogP contribution in [0.3, 0.4) is 0 Å². The molecule has 0 bridgehead atoms. The molecule has 0 saturated heterocycles. The molecule has 0 aliphatic rings. The van der Waals surface area contributed by atoms with Crippen molar-refractivity contribution in [1.29, 1.82) is 0 Å². The first-order chi connectivity index (χ1) is 11.6. The summed E-state index contributed by atoms with van der Waals surface area (Å²) in [5.74, 6) is 0.773. The van der Waals surface area contributed by atoms with Gasteiger partial charge in [-0.2, -0.15) is 0 Å². The number of nitrogens with zero attached hydrogens (tertiary/aromatic N) is 2. The van der Waals surface area contributed by atoms with Gasteiger partial charge >= 0.3 is 0 Å². The highest BCUT2D eigenvalue weighted by molar-refractivity contribution is 6.31. The molecule has 0 radical (unpaired) electrons. The summed E-state index contributed by atoms with van der Waals surface area (Å²) in [7, 11) is 3.68. The highest BCUT2D eigenvalue weighted by atomic mass is 35.5. The largest absolute Gasteiger partial charge is 0.497 e. The molecule has 0 saturated carbocycles. The normalized spacial score (nSPS) is 11.2. The molecule has 0 N–H and O–H groups in total. The SMILES string of the molecule is COc1ccc2cc(CN(C)Cc3ccccc3Cl)c(Cl)nc2c1. The quantitative estimate of drug-likeness (QED) is 0.586. The Hall–Kier alpha value is -1.81. The Kier molecular flexibility index (Phi) is 5.24. The molecule has 124 valence electrons. The highest BCUT2D eigenvalue weighted by Gasteiger charge is 2.10.